The van der Waals surface area contributed by atoms with E-state index in [9.17, 15) is 0 Å². The minimum absolute atomic E-state index is 0.836. The highest BCUT2D eigenvalue weighted by atomic mass is 15.3. The predicted molar refractivity (Wildman–Crippen MR) is 180 cm³/mol. The second-order valence-corrected chi connectivity index (χ2v) is 11.2. The van der Waals surface area contributed by atoms with Crippen molar-refractivity contribution in [3.63, 3.8) is 0 Å². The average molecular weight is 567 g/mol. The molecule has 0 aliphatic heterocycles. The Labute approximate surface area is 256 Å². The molecule has 2 aromatic heterocycles. The predicted octanol–water partition coefficient (Wildman–Crippen LogP) is 9.21. The molecule has 0 radical (unpaired) electrons. The Morgan fingerprint density at radius 1 is 0.500 bits per heavy atom. The monoisotopic (exact) mass is 566 g/mol. The van der Waals surface area contributed by atoms with Crippen LogP contribution >= 0.6 is 0 Å². The van der Waals surface area contributed by atoms with Gasteiger partial charge in [0.05, 0.1) is 22.2 Å². The number of benzene rings is 6. The van der Waals surface area contributed by atoms with E-state index in [1.807, 2.05) is 24.5 Å². The van der Waals surface area contributed by atoms with Gasteiger partial charge in [0.2, 0.25) is 0 Å². The SMILES string of the molecule is c1ccc(Cc2cccc(Cc3ccccc3-c3nn(-c4ccc5c(c4)ncn5-c4ccccc4)c4ccccc34)c2)cc1. The molecular weight excluding hydrogens is 536 g/mol. The Bertz CT molecular complexity index is 2230. The van der Waals surface area contributed by atoms with Gasteiger partial charge in [-0.1, -0.05) is 115 Å². The molecule has 0 N–H and O–H groups in total. The molecule has 8 rings (SSSR count). The fourth-order valence-corrected chi connectivity index (χ4v) is 6.20. The van der Waals surface area contributed by atoms with E-state index in [0.29, 0.717) is 0 Å². The van der Waals surface area contributed by atoms with Crippen molar-refractivity contribution in [3.05, 3.63) is 180 Å². The summed E-state index contributed by atoms with van der Waals surface area (Å²) >= 11 is 0. The van der Waals surface area contributed by atoms with Gasteiger partial charge in [0, 0.05) is 16.6 Å². The van der Waals surface area contributed by atoms with Crippen LogP contribution in [-0.4, -0.2) is 19.3 Å². The van der Waals surface area contributed by atoms with Gasteiger partial charge in [-0.15, -0.1) is 0 Å². The van der Waals surface area contributed by atoms with Crippen LogP contribution in [0.25, 0.3) is 44.6 Å². The molecule has 0 saturated heterocycles. The van der Waals surface area contributed by atoms with Crippen molar-refractivity contribution in [2.45, 2.75) is 12.8 Å². The molecule has 0 spiro atoms. The third-order valence-electron chi connectivity index (χ3n) is 8.31. The van der Waals surface area contributed by atoms with E-state index in [0.717, 1.165) is 57.4 Å². The molecule has 8 aromatic rings. The maximum atomic E-state index is 5.26. The average Bonchev–Trinajstić information content (AvgIpc) is 3.68. The maximum Gasteiger partial charge on any atom is 0.101 e. The van der Waals surface area contributed by atoms with E-state index in [1.54, 1.807) is 0 Å². The highest BCUT2D eigenvalue weighted by Crippen LogP contribution is 2.33. The topological polar surface area (TPSA) is 35.6 Å². The van der Waals surface area contributed by atoms with E-state index in [2.05, 4.69) is 143 Å². The van der Waals surface area contributed by atoms with Gasteiger partial charge < -0.3 is 0 Å². The Balaban J connectivity index is 1.17. The van der Waals surface area contributed by atoms with Crippen LogP contribution in [0.2, 0.25) is 0 Å². The van der Waals surface area contributed by atoms with Crippen molar-refractivity contribution in [1.29, 1.82) is 0 Å². The summed E-state index contributed by atoms with van der Waals surface area (Å²) in [6.07, 6.45) is 3.66. The molecule has 0 saturated carbocycles. The third-order valence-corrected chi connectivity index (χ3v) is 8.31. The highest BCUT2D eigenvalue weighted by molar-refractivity contribution is 5.95. The lowest BCUT2D eigenvalue weighted by Crippen LogP contribution is -1.98. The van der Waals surface area contributed by atoms with Crippen molar-refractivity contribution < 1.29 is 0 Å². The van der Waals surface area contributed by atoms with Crippen LogP contribution in [0.15, 0.2) is 158 Å². The van der Waals surface area contributed by atoms with Crippen LogP contribution in [0.4, 0.5) is 0 Å². The first-order valence-electron chi connectivity index (χ1n) is 15.0. The van der Waals surface area contributed by atoms with Gasteiger partial charge in [0.15, 0.2) is 0 Å². The molecular formula is C40H30N4. The lowest BCUT2D eigenvalue weighted by Gasteiger charge is -2.10. The molecule has 6 aromatic carbocycles. The summed E-state index contributed by atoms with van der Waals surface area (Å²) in [5.41, 5.74) is 12.5. The normalized spacial score (nSPS) is 11.4. The molecule has 2 heterocycles. The van der Waals surface area contributed by atoms with E-state index < -0.39 is 0 Å². The first-order chi connectivity index (χ1) is 21.8. The molecule has 210 valence electrons. The number of nitrogens with zero attached hydrogens (tertiary/aromatic N) is 4. The van der Waals surface area contributed by atoms with Crippen LogP contribution in [0, 0.1) is 0 Å². The van der Waals surface area contributed by atoms with Gasteiger partial charge in [0.1, 0.15) is 12.0 Å². The fraction of sp³-hybridized carbons (Fsp3) is 0.0500. The molecule has 4 heteroatoms. The van der Waals surface area contributed by atoms with Gasteiger partial charge in [-0.25, -0.2) is 9.67 Å². The summed E-state index contributed by atoms with van der Waals surface area (Å²) in [6, 6.07) is 53.5. The maximum absolute atomic E-state index is 5.26. The molecule has 0 aliphatic rings. The zero-order valence-electron chi connectivity index (χ0n) is 24.2. The number of imidazole rings is 1. The Morgan fingerprint density at radius 3 is 2.07 bits per heavy atom. The van der Waals surface area contributed by atoms with E-state index >= 15 is 0 Å². The zero-order valence-corrected chi connectivity index (χ0v) is 24.2. The molecule has 4 nitrogen and oxygen atoms in total. The minimum Gasteiger partial charge on any atom is -0.299 e. The van der Waals surface area contributed by atoms with Crippen LogP contribution < -0.4 is 0 Å². The molecule has 0 bridgehead atoms. The van der Waals surface area contributed by atoms with Crippen molar-refractivity contribution in [1.82, 2.24) is 19.3 Å². The number of aromatic nitrogens is 4. The first-order valence-corrected chi connectivity index (χ1v) is 15.0. The summed E-state index contributed by atoms with van der Waals surface area (Å²) in [7, 11) is 0. The van der Waals surface area contributed by atoms with Gasteiger partial charge in [-0.3, -0.25) is 4.57 Å². The Kier molecular flexibility index (Phi) is 6.58. The van der Waals surface area contributed by atoms with Crippen molar-refractivity contribution in [2.24, 2.45) is 0 Å². The highest BCUT2D eigenvalue weighted by Gasteiger charge is 2.17. The standard InChI is InChI=1S/C40H30N4/c1-3-12-29(13-4-1)24-30-14-11-15-31(25-30)26-32-16-7-8-19-35(32)40-36-20-9-10-21-38(36)44(42-40)34-22-23-39-37(27-34)41-28-43(39)33-17-5-2-6-18-33/h1-23,25,27-28H,24,26H2. The van der Waals surface area contributed by atoms with Crippen LogP contribution in [-0.2, 0) is 12.8 Å². The molecule has 0 aliphatic carbocycles. The second-order valence-electron chi connectivity index (χ2n) is 11.2. The lowest BCUT2D eigenvalue weighted by atomic mass is 9.95. The largest absolute Gasteiger partial charge is 0.299 e. The number of hydrogen-bond donors (Lipinski definition) is 0. The molecule has 44 heavy (non-hydrogen) atoms. The quantitative estimate of drug-likeness (QED) is 0.193. The number of rotatable bonds is 7. The summed E-state index contributed by atoms with van der Waals surface area (Å²) < 4.78 is 4.18. The number of fused-ring (bicyclic) bond motifs is 2. The van der Waals surface area contributed by atoms with Gasteiger partial charge in [-0.05, 0) is 71.5 Å². The fourth-order valence-electron chi connectivity index (χ4n) is 6.20. The summed E-state index contributed by atoms with van der Waals surface area (Å²) in [5, 5.41) is 6.39. The van der Waals surface area contributed by atoms with Crippen molar-refractivity contribution in [3.8, 4) is 22.6 Å². The molecule has 0 fully saturated rings. The summed E-state index contributed by atoms with van der Waals surface area (Å²) in [5.74, 6) is 0. The van der Waals surface area contributed by atoms with Gasteiger partial charge >= 0.3 is 0 Å². The Hall–Kier alpha value is -5.74. The van der Waals surface area contributed by atoms with Crippen molar-refractivity contribution in [2.75, 3.05) is 0 Å². The van der Waals surface area contributed by atoms with E-state index in [4.69, 9.17) is 10.1 Å². The van der Waals surface area contributed by atoms with Crippen molar-refractivity contribution >= 4 is 21.9 Å². The first kappa shape index (κ1) is 25.9. The lowest BCUT2D eigenvalue weighted by molar-refractivity contribution is 0.915. The number of hydrogen-bond acceptors (Lipinski definition) is 2. The van der Waals surface area contributed by atoms with Gasteiger partial charge in [0.25, 0.3) is 0 Å². The summed E-state index contributed by atoms with van der Waals surface area (Å²) in [6.45, 7) is 0. The third kappa shape index (κ3) is 4.87. The molecule has 0 atom stereocenters. The molecule has 0 unspecified atom stereocenters. The summed E-state index contributed by atoms with van der Waals surface area (Å²) in [4.78, 5) is 4.74. The van der Waals surface area contributed by atoms with Crippen LogP contribution in [0.3, 0.4) is 0 Å². The van der Waals surface area contributed by atoms with Gasteiger partial charge in [-0.2, -0.15) is 5.10 Å². The smallest absolute Gasteiger partial charge is 0.101 e. The zero-order chi connectivity index (χ0) is 29.3. The van der Waals surface area contributed by atoms with E-state index in [1.165, 1.54) is 22.3 Å². The number of para-hydroxylation sites is 2. The van der Waals surface area contributed by atoms with Crippen LogP contribution in [0.5, 0.6) is 0 Å². The molecule has 0 amide bonds. The van der Waals surface area contributed by atoms with E-state index in [-0.39, 0.29) is 0 Å². The second kappa shape index (κ2) is 11.2. The Morgan fingerprint density at radius 2 is 1.20 bits per heavy atom. The minimum atomic E-state index is 0.836. The van der Waals surface area contributed by atoms with Crippen LogP contribution in [0.1, 0.15) is 22.3 Å².